The van der Waals surface area contributed by atoms with Crippen molar-refractivity contribution in [2.45, 2.75) is 13.8 Å². The highest BCUT2D eigenvalue weighted by Gasteiger charge is 2.10. The summed E-state index contributed by atoms with van der Waals surface area (Å²) in [4.78, 5) is 12.0. The summed E-state index contributed by atoms with van der Waals surface area (Å²) in [6, 6.07) is 17.1. The first kappa shape index (κ1) is 15.8. The summed E-state index contributed by atoms with van der Waals surface area (Å²) in [7, 11) is 0. The van der Waals surface area contributed by atoms with E-state index in [2.05, 4.69) is 10.5 Å². The van der Waals surface area contributed by atoms with Gasteiger partial charge in [0.1, 0.15) is 11.4 Å². The molecule has 0 aliphatic carbocycles. The van der Waals surface area contributed by atoms with Gasteiger partial charge in [0.15, 0.2) is 6.61 Å². The molecule has 0 spiro atoms. The lowest BCUT2D eigenvalue weighted by molar-refractivity contribution is -0.118. The molecule has 5 heteroatoms. The molecule has 1 amide bonds. The van der Waals surface area contributed by atoms with Crippen LogP contribution in [0.2, 0.25) is 0 Å². The molecule has 0 unspecified atom stereocenters. The third-order valence-electron chi connectivity index (χ3n) is 3.57. The Morgan fingerprint density at radius 3 is 2.62 bits per heavy atom. The molecule has 1 aromatic heterocycles. The van der Waals surface area contributed by atoms with Gasteiger partial charge in [0, 0.05) is 11.6 Å². The van der Waals surface area contributed by atoms with E-state index in [1.54, 1.807) is 6.07 Å². The molecule has 2 aromatic carbocycles. The van der Waals surface area contributed by atoms with Crippen molar-refractivity contribution in [1.29, 1.82) is 0 Å². The van der Waals surface area contributed by atoms with Crippen molar-refractivity contribution >= 4 is 11.8 Å². The summed E-state index contributed by atoms with van der Waals surface area (Å²) in [5, 5.41) is 6.61. The number of aryl methyl sites for hydroxylation is 2. The standard InChI is InChI=1S/C19H18N2O3/c1-13-7-9-15(10-8-13)16-11-19(24-21-16)20-18(22)12-23-17-6-4-3-5-14(17)2/h3-11H,12H2,1-2H3,(H,20,22). The number of rotatable bonds is 5. The van der Waals surface area contributed by atoms with E-state index in [1.807, 2.05) is 62.4 Å². The third-order valence-corrected chi connectivity index (χ3v) is 3.57. The maximum atomic E-state index is 12.0. The van der Waals surface area contributed by atoms with Gasteiger partial charge in [0.05, 0.1) is 0 Å². The first-order chi connectivity index (χ1) is 11.6. The second-order valence-corrected chi connectivity index (χ2v) is 5.54. The number of carbonyl (C=O) groups is 1. The monoisotopic (exact) mass is 322 g/mol. The predicted octanol–water partition coefficient (Wildman–Crippen LogP) is 3.98. The van der Waals surface area contributed by atoms with Gasteiger partial charge in [0.2, 0.25) is 5.88 Å². The second kappa shape index (κ2) is 7.00. The molecule has 0 saturated heterocycles. The summed E-state index contributed by atoms with van der Waals surface area (Å²) in [6.07, 6.45) is 0. The number of anilines is 1. The van der Waals surface area contributed by atoms with Gasteiger partial charge in [-0.15, -0.1) is 0 Å². The minimum atomic E-state index is -0.301. The van der Waals surface area contributed by atoms with Gasteiger partial charge in [0.25, 0.3) is 5.91 Å². The van der Waals surface area contributed by atoms with Gasteiger partial charge in [-0.05, 0) is 25.5 Å². The first-order valence-corrected chi connectivity index (χ1v) is 7.64. The number of carbonyl (C=O) groups excluding carboxylic acids is 1. The topological polar surface area (TPSA) is 64.4 Å². The molecule has 122 valence electrons. The van der Waals surface area contributed by atoms with Crippen LogP contribution in [-0.2, 0) is 4.79 Å². The molecular weight excluding hydrogens is 304 g/mol. The van der Waals surface area contributed by atoms with Crippen molar-refractivity contribution in [3.05, 3.63) is 65.7 Å². The van der Waals surface area contributed by atoms with Crippen LogP contribution >= 0.6 is 0 Å². The van der Waals surface area contributed by atoms with E-state index >= 15 is 0 Å². The SMILES string of the molecule is Cc1ccc(-c2cc(NC(=O)COc3ccccc3C)on2)cc1. The number of benzene rings is 2. The summed E-state index contributed by atoms with van der Waals surface area (Å²) < 4.78 is 10.7. The van der Waals surface area contributed by atoms with E-state index in [0.29, 0.717) is 17.3 Å². The average Bonchev–Trinajstić information content (AvgIpc) is 3.03. The molecule has 0 radical (unpaired) electrons. The van der Waals surface area contributed by atoms with Crippen molar-refractivity contribution in [2.24, 2.45) is 0 Å². The van der Waals surface area contributed by atoms with E-state index in [4.69, 9.17) is 9.26 Å². The Hall–Kier alpha value is -3.08. The summed E-state index contributed by atoms with van der Waals surface area (Å²) in [6.45, 7) is 3.86. The van der Waals surface area contributed by atoms with Crippen LogP contribution < -0.4 is 10.1 Å². The van der Waals surface area contributed by atoms with Crippen LogP contribution in [-0.4, -0.2) is 17.7 Å². The third kappa shape index (κ3) is 3.81. The molecule has 0 aliphatic rings. The lowest BCUT2D eigenvalue weighted by Crippen LogP contribution is -2.20. The molecule has 3 rings (SSSR count). The Kier molecular flexibility index (Phi) is 4.61. The zero-order valence-electron chi connectivity index (χ0n) is 13.6. The average molecular weight is 322 g/mol. The van der Waals surface area contributed by atoms with Crippen LogP contribution in [0.1, 0.15) is 11.1 Å². The molecule has 0 saturated carbocycles. The summed E-state index contributed by atoms with van der Waals surface area (Å²) in [5.74, 6) is 0.680. The van der Waals surface area contributed by atoms with Gasteiger partial charge in [-0.3, -0.25) is 10.1 Å². The Balaban J connectivity index is 1.59. The van der Waals surface area contributed by atoms with Crippen molar-refractivity contribution in [3.8, 4) is 17.0 Å². The lowest BCUT2D eigenvalue weighted by atomic mass is 10.1. The molecule has 0 aliphatic heterocycles. The normalized spacial score (nSPS) is 10.4. The molecule has 3 aromatic rings. The number of para-hydroxylation sites is 1. The zero-order chi connectivity index (χ0) is 16.9. The van der Waals surface area contributed by atoms with Crippen molar-refractivity contribution in [2.75, 3.05) is 11.9 Å². The molecule has 1 N–H and O–H groups in total. The van der Waals surface area contributed by atoms with Crippen LogP contribution in [0.15, 0.2) is 59.1 Å². The van der Waals surface area contributed by atoms with Crippen molar-refractivity contribution in [1.82, 2.24) is 5.16 Å². The molecular formula is C19H18N2O3. The molecule has 0 bridgehead atoms. The second-order valence-electron chi connectivity index (χ2n) is 5.54. The summed E-state index contributed by atoms with van der Waals surface area (Å²) in [5.41, 5.74) is 3.75. The minimum Gasteiger partial charge on any atom is -0.483 e. The van der Waals surface area contributed by atoms with Gasteiger partial charge in [-0.25, -0.2) is 0 Å². The first-order valence-electron chi connectivity index (χ1n) is 7.64. The van der Waals surface area contributed by atoms with Crippen LogP contribution in [0.3, 0.4) is 0 Å². The Bertz CT molecular complexity index is 838. The van der Waals surface area contributed by atoms with Crippen LogP contribution in [0.25, 0.3) is 11.3 Å². The lowest BCUT2D eigenvalue weighted by Gasteiger charge is -2.07. The number of aromatic nitrogens is 1. The van der Waals surface area contributed by atoms with Gasteiger partial charge >= 0.3 is 0 Å². The minimum absolute atomic E-state index is 0.0918. The number of hydrogen-bond donors (Lipinski definition) is 1. The van der Waals surface area contributed by atoms with Gasteiger partial charge < -0.3 is 9.26 Å². The predicted molar refractivity (Wildman–Crippen MR) is 92.0 cm³/mol. The maximum absolute atomic E-state index is 12.0. The fraction of sp³-hybridized carbons (Fsp3) is 0.158. The van der Waals surface area contributed by atoms with E-state index < -0.39 is 0 Å². The number of ether oxygens (including phenoxy) is 1. The maximum Gasteiger partial charge on any atom is 0.264 e. The van der Waals surface area contributed by atoms with E-state index in [1.165, 1.54) is 5.56 Å². The molecule has 24 heavy (non-hydrogen) atoms. The van der Waals surface area contributed by atoms with Crippen LogP contribution in [0, 0.1) is 13.8 Å². The van der Waals surface area contributed by atoms with E-state index in [9.17, 15) is 4.79 Å². The quantitative estimate of drug-likeness (QED) is 0.772. The highest BCUT2D eigenvalue weighted by Crippen LogP contribution is 2.22. The van der Waals surface area contributed by atoms with Crippen LogP contribution in [0.5, 0.6) is 5.75 Å². The highest BCUT2D eigenvalue weighted by atomic mass is 16.5. The number of nitrogens with one attached hydrogen (secondary N) is 1. The highest BCUT2D eigenvalue weighted by molar-refractivity contribution is 5.91. The summed E-state index contributed by atoms with van der Waals surface area (Å²) >= 11 is 0. The fourth-order valence-electron chi connectivity index (χ4n) is 2.23. The fourth-order valence-corrected chi connectivity index (χ4v) is 2.23. The molecule has 0 fully saturated rings. The number of amides is 1. The van der Waals surface area contributed by atoms with E-state index in [-0.39, 0.29) is 12.5 Å². The molecule has 5 nitrogen and oxygen atoms in total. The Morgan fingerprint density at radius 1 is 1.12 bits per heavy atom. The van der Waals surface area contributed by atoms with Crippen molar-refractivity contribution < 1.29 is 14.1 Å². The van der Waals surface area contributed by atoms with E-state index in [0.717, 1.165) is 11.1 Å². The molecule has 0 atom stereocenters. The Morgan fingerprint density at radius 2 is 1.88 bits per heavy atom. The largest absolute Gasteiger partial charge is 0.483 e. The van der Waals surface area contributed by atoms with Crippen LogP contribution in [0.4, 0.5) is 5.88 Å². The smallest absolute Gasteiger partial charge is 0.264 e. The van der Waals surface area contributed by atoms with Crippen molar-refractivity contribution in [3.63, 3.8) is 0 Å². The van der Waals surface area contributed by atoms with Gasteiger partial charge in [-0.1, -0.05) is 53.2 Å². The number of nitrogens with zero attached hydrogens (tertiary/aromatic N) is 1. The number of hydrogen-bond acceptors (Lipinski definition) is 4. The molecule has 1 heterocycles. The zero-order valence-corrected chi connectivity index (χ0v) is 13.6. The van der Waals surface area contributed by atoms with Gasteiger partial charge in [-0.2, -0.15) is 0 Å². The Labute approximate surface area is 140 Å².